The lowest BCUT2D eigenvalue weighted by Crippen LogP contribution is -1.84. The van der Waals surface area contributed by atoms with E-state index in [0.29, 0.717) is 0 Å². The van der Waals surface area contributed by atoms with Crippen molar-refractivity contribution in [3.8, 4) is 11.1 Å². The number of halogens is 1. The van der Waals surface area contributed by atoms with Crippen molar-refractivity contribution in [2.24, 2.45) is 7.05 Å². The molecule has 0 saturated heterocycles. The molecule has 2 rings (SSSR count). The SMILES string of the molecule is Cn1cc(-c2cccc(I)c2)cn1. The molecule has 1 heterocycles. The minimum atomic E-state index is 1.17. The second-order valence-electron chi connectivity index (χ2n) is 2.91. The fourth-order valence-electron chi connectivity index (χ4n) is 1.24. The Bertz CT molecular complexity index is 420. The third kappa shape index (κ3) is 1.91. The van der Waals surface area contributed by atoms with Gasteiger partial charge in [0, 0.05) is 22.4 Å². The van der Waals surface area contributed by atoms with Crippen LogP contribution in [0.1, 0.15) is 0 Å². The van der Waals surface area contributed by atoms with Gasteiger partial charge in [0.05, 0.1) is 6.20 Å². The van der Waals surface area contributed by atoms with E-state index in [1.54, 1.807) is 0 Å². The molecule has 0 bridgehead atoms. The molecular weight excluding hydrogens is 275 g/mol. The van der Waals surface area contributed by atoms with Crippen LogP contribution in [0.25, 0.3) is 11.1 Å². The van der Waals surface area contributed by atoms with Crippen molar-refractivity contribution >= 4 is 22.6 Å². The fourth-order valence-corrected chi connectivity index (χ4v) is 1.78. The minimum absolute atomic E-state index is 1.17. The van der Waals surface area contributed by atoms with Gasteiger partial charge in [-0.25, -0.2) is 0 Å². The summed E-state index contributed by atoms with van der Waals surface area (Å²) in [6, 6.07) is 8.39. The Hall–Kier alpha value is -0.840. The molecule has 0 spiro atoms. The number of aromatic nitrogens is 2. The van der Waals surface area contributed by atoms with Crippen LogP contribution in [0.2, 0.25) is 0 Å². The number of benzene rings is 1. The van der Waals surface area contributed by atoms with Gasteiger partial charge in [0.25, 0.3) is 0 Å². The van der Waals surface area contributed by atoms with E-state index in [-0.39, 0.29) is 0 Å². The summed E-state index contributed by atoms with van der Waals surface area (Å²) in [7, 11) is 1.93. The van der Waals surface area contributed by atoms with E-state index in [9.17, 15) is 0 Å². The first kappa shape index (κ1) is 8.74. The zero-order valence-corrected chi connectivity index (χ0v) is 9.39. The third-order valence-corrected chi connectivity index (χ3v) is 2.53. The van der Waals surface area contributed by atoms with Gasteiger partial charge < -0.3 is 0 Å². The Labute approximate surface area is 90.7 Å². The molecule has 1 aromatic carbocycles. The lowest BCUT2D eigenvalue weighted by molar-refractivity contribution is 0.768. The smallest absolute Gasteiger partial charge is 0.0568 e. The summed E-state index contributed by atoms with van der Waals surface area (Å²) in [5, 5.41) is 4.14. The monoisotopic (exact) mass is 284 g/mol. The molecule has 0 atom stereocenters. The molecule has 0 aliphatic carbocycles. The number of rotatable bonds is 1. The fraction of sp³-hybridized carbons (Fsp3) is 0.100. The summed E-state index contributed by atoms with van der Waals surface area (Å²) < 4.78 is 3.06. The van der Waals surface area contributed by atoms with E-state index >= 15 is 0 Å². The summed E-state index contributed by atoms with van der Waals surface area (Å²) in [6.45, 7) is 0. The van der Waals surface area contributed by atoms with Crippen molar-refractivity contribution in [3.63, 3.8) is 0 Å². The van der Waals surface area contributed by atoms with Crippen molar-refractivity contribution in [1.29, 1.82) is 0 Å². The summed E-state index contributed by atoms with van der Waals surface area (Å²) in [5.41, 5.74) is 2.39. The molecule has 0 N–H and O–H groups in total. The van der Waals surface area contributed by atoms with Crippen LogP contribution in [0.5, 0.6) is 0 Å². The van der Waals surface area contributed by atoms with Gasteiger partial charge in [-0.2, -0.15) is 5.10 Å². The average Bonchev–Trinajstić information content (AvgIpc) is 2.52. The first-order valence-corrected chi connectivity index (χ1v) is 5.08. The first-order valence-electron chi connectivity index (χ1n) is 4.00. The second-order valence-corrected chi connectivity index (χ2v) is 4.16. The highest BCUT2D eigenvalue weighted by Crippen LogP contribution is 2.19. The van der Waals surface area contributed by atoms with Crippen molar-refractivity contribution in [2.45, 2.75) is 0 Å². The van der Waals surface area contributed by atoms with Gasteiger partial charge in [0.1, 0.15) is 0 Å². The predicted molar refractivity (Wildman–Crippen MR) is 61.4 cm³/mol. The normalized spacial score (nSPS) is 10.3. The Morgan fingerprint density at radius 3 is 2.77 bits per heavy atom. The first-order chi connectivity index (χ1) is 6.25. The lowest BCUT2D eigenvalue weighted by Gasteiger charge is -1.96. The van der Waals surface area contributed by atoms with Gasteiger partial charge in [-0.1, -0.05) is 12.1 Å². The van der Waals surface area contributed by atoms with E-state index < -0.39 is 0 Å². The van der Waals surface area contributed by atoms with Crippen LogP contribution in [-0.2, 0) is 7.05 Å². The standard InChI is InChI=1S/C10H9IN2/c1-13-7-9(6-12-13)8-3-2-4-10(11)5-8/h2-7H,1H3. The maximum atomic E-state index is 4.14. The molecule has 0 saturated carbocycles. The van der Waals surface area contributed by atoms with Crippen molar-refractivity contribution in [2.75, 3.05) is 0 Å². The molecule has 0 amide bonds. The van der Waals surface area contributed by atoms with E-state index in [1.807, 2.05) is 24.1 Å². The lowest BCUT2D eigenvalue weighted by atomic mass is 10.1. The van der Waals surface area contributed by atoms with Crippen molar-refractivity contribution in [3.05, 3.63) is 40.2 Å². The topological polar surface area (TPSA) is 17.8 Å². The van der Waals surface area contributed by atoms with Gasteiger partial charge in [0.15, 0.2) is 0 Å². The number of aryl methyl sites for hydroxylation is 1. The second kappa shape index (κ2) is 3.49. The Kier molecular flexibility index (Phi) is 2.35. The van der Waals surface area contributed by atoms with Crippen molar-refractivity contribution in [1.82, 2.24) is 9.78 Å². The van der Waals surface area contributed by atoms with Crippen LogP contribution < -0.4 is 0 Å². The highest BCUT2D eigenvalue weighted by molar-refractivity contribution is 14.1. The minimum Gasteiger partial charge on any atom is -0.275 e. The molecule has 0 fully saturated rings. The zero-order chi connectivity index (χ0) is 9.26. The van der Waals surface area contributed by atoms with Gasteiger partial charge in [0.2, 0.25) is 0 Å². The van der Waals surface area contributed by atoms with Crippen LogP contribution in [0.4, 0.5) is 0 Å². The molecule has 0 radical (unpaired) electrons. The van der Waals surface area contributed by atoms with Gasteiger partial charge in [-0.05, 0) is 40.3 Å². The quantitative estimate of drug-likeness (QED) is 0.736. The maximum Gasteiger partial charge on any atom is 0.0568 e. The molecule has 0 unspecified atom stereocenters. The highest BCUT2D eigenvalue weighted by Gasteiger charge is 1.99. The van der Waals surface area contributed by atoms with Gasteiger partial charge >= 0.3 is 0 Å². The third-order valence-electron chi connectivity index (χ3n) is 1.86. The number of nitrogens with zero attached hydrogens (tertiary/aromatic N) is 2. The molecule has 13 heavy (non-hydrogen) atoms. The van der Waals surface area contributed by atoms with E-state index in [1.165, 1.54) is 14.7 Å². The average molecular weight is 284 g/mol. The number of hydrogen-bond acceptors (Lipinski definition) is 1. The molecule has 3 heteroatoms. The van der Waals surface area contributed by atoms with E-state index in [2.05, 4.69) is 52.0 Å². The van der Waals surface area contributed by atoms with Gasteiger partial charge in [-0.3, -0.25) is 4.68 Å². The summed E-state index contributed by atoms with van der Waals surface area (Å²) in [5.74, 6) is 0. The molecular formula is C10H9IN2. The van der Waals surface area contributed by atoms with Crippen LogP contribution in [0, 0.1) is 3.57 Å². The van der Waals surface area contributed by atoms with Crippen LogP contribution >= 0.6 is 22.6 Å². The Balaban J connectivity index is 2.46. The maximum absolute atomic E-state index is 4.14. The zero-order valence-electron chi connectivity index (χ0n) is 7.24. The van der Waals surface area contributed by atoms with E-state index in [4.69, 9.17) is 0 Å². The van der Waals surface area contributed by atoms with Crippen LogP contribution in [0.3, 0.4) is 0 Å². The molecule has 0 aliphatic heterocycles. The summed E-state index contributed by atoms with van der Waals surface area (Å²) in [4.78, 5) is 0. The molecule has 2 aromatic rings. The highest BCUT2D eigenvalue weighted by atomic mass is 127. The van der Waals surface area contributed by atoms with Crippen molar-refractivity contribution < 1.29 is 0 Å². The molecule has 2 nitrogen and oxygen atoms in total. The largest absolute Gasteiger partial charge is 0.275 e. The van der Waals surface area contributed by atoms with Gasteiger partial charge in [-0.15, -0.1) is 0 Å². The summed E-state index contributed by atoms with van der Waals surface area (Å²) >= 11 is 2.31. The molecule has 66 valence electrons. The van der Waals surface area contributed by atoms with Crippen LogP contribution in [-0.4, -0.2) is 9.78 Å². The van der Waals surface area contributed by atoms with E-state index in [0.717, 1.165) is 0 Å². The Morgan fingerprint density at radius 2 is 2.15 bits per heavy atom. The molecule has 1 aromatic heterocycles. The number of hydrogen-bond donors (Lipinski definition) is 0. The van der Waals surface area contributed by atoms with Crippen LogP contribution in [0.15, 0.2) is 36.7 Å². The molecule has 0 aliphatic rings. The summed E-state index contributed by atoms with van der Waals surface area (Å²) in [6.07, 6.45) is 3.90. The predicted octanol–water partition coefficient (Wildman–Crippen LogP) is 2.69. The Morgan fingerprint density at radius 1 is 1.31 bits per heavy atom.